The van der Waals surface area contributed by atoms with Crippen molar-refractivity contribution in [3.8, 4) is 0 Å². The van der Waals surface area contributed by atoms with Crippen molar-refractivity contribution >= 4 is 17.8 Å². The minimum absolute atomic E-state index is 0.00479. The van der Waals surface area contributed by atoms with Crippen molar-refractivity contribution in [1.82, 2.24) is 5.32 Å². The van der Waals surface area contributed by atoms with Gasteiger partial charge < -0.3 is 20.9 Å². The normalized spacial score (nSPS) is 13.0. The molecule has 1 rings (SSSR count). The first-order chi connectivity index (χ1) is 10.9. The average molecular weight is 322 g/mol. The predicted octanol–water partition coefficient (Wildman–Crippen LogP) is 0.469. The summed E-state index contributed by atoms with van der Waals surface area (Å²) in [4.78, 5) is 33.8. The Kier molecular flexibility index (Phi) is 7.76. The second kappa shape index (κ2) is 9.58. The van der Waals surface area contributed by atoms with Crippen LogP contribution < -0.4 is 11.1 Å². The van der Waals surface area contributed by atoms with Crippen LogP contribution in [0.15, 0.2) is 30.3 Å². The van der Waals surface area contributed by atoms with Gasteiger partial charge in [0.25, 0.3) is 0 Å². The monoisotopic (exact) mass is 322 g/mol. The van der Waals surface area contributed by atoms with Crippen LogP contribution in [0, 0.1) is 0 Å². The highest BCUT2D eigenvalue weighted by Crippen LogP contribution is 2.02. The third-order valence-corrected chi connectivity index (χ3v) is 3.22. The summed E-state index contributed by atoms with van der Waals surface area (Å²) in [6.07, 6.45) is 0.725. The van der Waals surface area contributed by atoms with Gasteiger partial charge in [-0.15, -0.1) is 0 Å². The molecule has 0 saturated carbocycles. The summed E-state index contributed by atoms with van der Waals surface area (Å²) in [5.41, 5.74) is 6.69. The average Bonchev–Trinajstić information content (AvgIpc) is 2.53. The zero-order valence-corrected chi connectivity index (χ0v) is 13.0. The number of rotatable bonds is 9. The van der Waals surface area contributed by atoms with E-state index in [1.807, 2.05) is 30.3 Å². The molecule has 0 aromatic heterocycles. The van der Waals surface area contributed by atoms with Gasteiger partial charge in [-0.05, 0) is 18.9 Å². The molecule has 1 aromatic rings. The molecule has 0 heterocycles. The zero-order chi connectivity index (χ0) is 17.2. The van der Waals surface area contributed by atoms with E-state index in [0.29, 0.717) is 6.42 Å². The molecule has 126 valence electrons. The number of amides is 1. The summed E-state index contributed by atoms with van der Waals surface area (Å²) in [6, 6.07) is 7.65. The van der Waals surface area contributed by atoms with Crippen molar-refractivity contribution in [2.24, 2.45) is 5.73 Å². The quantitative estimate of drug-likeness (QED) is 0.569. The van der Waals surface area contributed by atoms with Crippen LogP contribution in [0.2, 0.25) is 0 Å². The lowest BCUT2D eigenvalue weighted by Gasteiger charge is -2.14. The predicted molar refractivity (Wildman–Crippen MR) is 83.6 cm³/mol. The number of aliphatic carboxylic acids is 1. The van der Waals surface area contributed by atoms with Crippen molar-refractivity contribution in [3.63, 3.8) is 0 Å². The van der Waals surface area contributed by atoms with Gasteiger partial charge in [-0.3, -0.25) is 14.4 Å². The molecule has 0 aliphatic heterocycles. The van der Waals surface area contributed by atoms with E-state index < -0.39 is 29.9 Å². The lowest BCUT2D eigenvalue weighted by Crippen LogP contribution is -2.47. The van der Waals surface area contributed by atoms with Gasteiger partial charge in [0.1, 0.15) is 6.04 Å². The molecule has 2 atom stereocenters. The number of carboxylic acids is 1. The number of nitrogens with one attached hydrogen (secondary N) is 1. The van der Waals surface area contributed by atoms with E-state index in [1.54, 1.807) is 0 Å². The fraction of sp³-hybridized carbons (Fsp3) is 0.438. The van der Waals surface area contributed by atoms with Crippen molar-refractivity contribution < 1.29 is 24.2 Å². The maximum Gasteiger partial charge on any atom is 0.325 e. The Morgan fingerprint density at radius 3 is 2.52 bits per heavy atom. The summed E-state index contributed by atoms with van der Waals surface area (Å²) >= 11 is 0. The van der Waals surface area contributed by atoms with Gasteiger partial charge in [-0.1, -0.05) is 30.3 Å². The van der Waals surface area contributed by atoms with E-state index in [9.17, 15) is 14.4 Å². The van der Waals surface area contributed by atoms with Crippen LogP contribution in [0.4, 0.5) is 0 Å². The van der Waals surface area contributed by atoms with E-state index in [1.165, 1.54) is 6.92 Å². The molecule has 0 spiro atoms. The van der Waals surface area contributed by atoms with Crippen LogP contribution in [0.1, 0.15) is 25.3 Å². The van der Waals surface area contributed by atoms with Gasteiger partial charge in [-0.25, -0.2) is 0 Å². The van der Waals surface area contributed by atoms with Crippen molar-refractivity contribution in [1.29, 1.82) is 0 Å². The second-order valence-electron chi connectivity index (χ2n) is 5.17. The lowest BCUT2D eigenvalue weighted by atomic mass is 10.1. The highest BCUT2D eigenvalue weighted by Gasteiger charge is 2.20. The Labute approximate surface area is 134 Å². The van der Waals surface area contributed by atoms with E-state index in [2.05, 4.69) is 5.32 Å². The minimum Gasteiger partial charge on any atom is -0.480 e. The Morgan fingerprint density at radius 1 is 1.26 bits per heavy atom. The molecule has 0 aliphatic rings. The molecule has 1 amide bonds. The molecule has 7 nitrogen and oxygen atoms in total. The first-order valence-electron chi connectivity index (χ1n) is 7.38. The van der Waals surface area contributed by atoms with Gasteiger partial charge in [0.15, 0.2) is 0 Å². The molecule has 0 bridgehead atoms. The van der Waals surface area contributed by atoms with Crippen LogP contribution in [0.25, 0.3) is 0 Å². The van der Waals surface area contributed by atoms with Gasteiger partial charge >= 0.3 is 11.9 Å². The number of carboxylic acid groups (broad SMARTS) is 1. The molecule has 1 aromatic carbocycles. The Hall–Kier alpha value is -2.41. The summed E-state index contributed by atoms with van der Waals surface area (Å²) in [5, 5.41) is 10.9. The third-order valence-electron chi connectivity index (χ3n) is 3.22. The van der Waals surface area contributed by atoms with Crippen molar-refractivity contribution in [3.05, 3.63) is 35.9 Å². The van der Waals surface area contributed by atoms with E-state index in [4.69, 9.17) is 15.6 Å². The van der Waals surface area contributed by atoms with Gasteiger partial charge in [-0.2, -0.15) is 0 Å². The van der Waals surface area contributed by atoms with Crippen molar-refractivity contribution in [2.75, 3.05) is 6.61 Å². The maximum atomic E-state index is 11.6. The number of benzene rings is 1. The molecule has 4 N–H and O–H groups in total. The molecule has 23 heavy (non-hydrogen) atoms. The summed E-state index contributed by atoms with van der Waals surface area (Å²) in [6.45, 7) is 1.60. The van der Waals surface area contributed by atoms with E-state index in [-0.39, 0.29) is 19.4 Å². The van der Waals surface area contributed by atoms with Gasteiger partial charge in [0, 0.05) is 12.8 Å². The van der Waals surface area contributed by atoms with Gasteiger partial charge in [0.2, 0.25) is 5.91 Å². The highest BCUT2D eigenvalue weighted by atomic mass is 16.5. The number of hydrogen-bond acceptors (Lipinski definition) is 5. The Balaban J connectivity index is 2.22. The zero-order valence-electron chi connectivity index (χ0n) is 13.0. The number of carbonyl (C=O) groups is 3. The van der Waals surface area contributed by atoms with Crippen LogP contribution in [0.3, 0.4) is 0 Å². The van der Waals surface area contributed by atoms with Gasteiger partial charge in [0.05, 0.1) is 12.6 Å². The topological polar surface area (TPSA) is 119 Å². The smallest absolute Gasteiger partial charge is 0.325 e. The van der Waals surface area contributed by atoms with Crippen molar-refractivity contribution in [2.45, 2.75) is 38.3 Å². The summed E-state index contributed by atoms with van der Waals surface area (Å²) < 4.78 is 5.08. The molecule has 0 unspecified atom stereocenters. The molecule has 0 radical (unpaired) electrons. The molecule has 0 fully saturated rings. The number of ether oxygens (including phenoxy) is 1. The first-order valence-corrected chi connectivity index (χ1v) is 7.38. The molecular formula is C16H22N2O5. The lowest BCUT2D eigenvalue weighted by molar-refractivity contribution is -0.144. The Morgan fingerprint density at radius 2 is 1.91 bits per heavy atom. The second-order valence-corrected chi connectivity index (χ2v) is 5.17. The van der Waals surface area contributed by atoms with Crippen LogP contribution in [-0.4, -0.2) is 41.6 Å². The Bertz CT molecular complexity index is 533. The number of carbonyl (C=O) groups excluding carboxylic acids is 2. The fourth-order valence-corrected chi connectivity index (χ4v) is 1.79. The third kappa shape index (κ3) is 7.42. The number of esters is 1. The maximum absolute atomic E-state index is 11.6. The molecule has 7 heteroatoms. The summed E-state index contributed by atoms with van der Waals surface area (Å²) in [7, 11) is 0. The summed E-state index contributed by atoms with van der Waals surface area (Å²) in [5.74, 6) is -2.18. The highest BCUT2D eigenvalue weighted by molar-refractivity contribution is 5.86. The minimum atomic E-state index is -1.15. The SMILES string of the molecule is C[C@H](NC(=O)[C@H](N)CCC(=O)OCCc1ccccc1)C(=O)O. The van der Waals surface area contributed by atoms with Crippen LogP contribution >= 0.6 is 0 Å². The standard InChI is InChI=1S/C16H22N2O5/c1-11(16(21)22)18-15(20)13(17)7-8-14(19)23-10-9-12-5-3-2-4-6-12/h2-6,11,13H,7-10,17H2,1H3,(H,18,20)(H,21,22)/t11-,13+/m0/s1. The first kappa shape index (κ1) is 18.6. The molecule has 0 aliphatic carbocycles. The number of nitrogens with two attached hydrogens (primary N) is 1. The van der Waals surface area contributed by atoms with E-state index in [0.717, 1.165) is 5.56 Å². The largest absolute Gasteiger partial charge is 0.480 e. The van der Waals surface area contributed by atoms with Crippen LogP contribution in [0.5, 0.6) is 0 Å². The van der Waals surface area contributed by atoms with E-state index >= 15 is 0 Å². The molecular weight excluding hydrogens is 300 g/mol. The molecule has 0 saturated heterocycles. The fourth-order valence-electron chi connectivity index (χ4n) is 1.79. The van der Waals surface area contributed by atoms with Crippen LogP contribution in [-0.2, 0) is 25.5 Å². The number of hydrogen-bond donors (Lipinski definition) is 3.